The van der Waals surface area contributed by atoms with Crippen molar-refractivity contribution >= 4 is 22.0 Å². The number of nitrogens with one attached hydrogen (secondary N) is 2. The van der Waals surface area contributed by atoms with Crippen molar-refractivity contribution < 1.29 is 28.2 Å². The minimum atomic E-state index is -4.12. The van der Waals surface area contributed by atoms with Gasteiger partial charge in [-0.15, -0.1) is 0 Å². The van der Waals surface area contributed by atoms with Gasteiger partial charge in [-0.2, -0.15) is 9.82 Å². The quantitative estimate of drug-likeness (QED) is 0.493. The first kappa shape index (κ1) is 13.1. The predicted molar refractivity (Wildman–Crippen MR) is 52.6 cm³/mol. The molecule has 1 rings (SSSR count). The molecular formula is C7H9N3O6S. The molecule has 0 fully saturated rings. The van der Waals surface area contributed by atoms with Crippen LogP contribution in [0.15, 0.2) is 17.3 Å². The molecule has 17 heavy (non-hydrogen) atoms. The van der Waals surface area contributed by atoms with Crippen molar-refractivity contribution in [3.63, 3.8) is 0 Å². The fourth-order valence-electron chi connectivity index (χ4n) is 0.998. The van der Waals surface area contributed by atoms with Gasteiger partial charge in [0.15, 0.2) is 5.03 Å². The molecule has 1 heterocycles. The Bertz CT molecular complexity index is 508. The zero-order chi connectivity index (χ0) is 13.1. The van der Waals surface area contributed by atoms with E-state index in [1.54, 1.807) is 4.72 Å². The minimum absolute atomic E-state index is 0.339. The number of H-pyrrole nitrogens is 1. The minimum Gasteiger partial charge on any atom is -0.481 e. The lowest BCUT2D eigenvalue weighted by molar-refractivity contribution is -0.145. The van der Waals surface area contributed by atoms with Gasteiger partial charge >= 0.3 is 11.9 Å². The highest BCUT2D eigenvalue weighted by Crippen LogP contribution is 2.05. The van der Waals surface area contributed by atoms with Crippen LogP contribution in [0.3, 0.4) is 0 Å². The van der Waals surface area contributed by atoms with E-state index in [-0.39, 0.29) is 5.03 Å². The lowest BCUT2D eigenvalue weighted by Crippen LogP contribution is -2.42. The van der Waals surface area contributed by atoms with E-state index in [1.165, 1.54) is 6.20 Å². The SMILES string of the molecule is O=C(O)C[C@@H](NS(=O)(=O)c1ccn[nH]1)C(=O)O. The summed E-state index contributed by atoms with van der Waals surface area (Å²) in [7, 11) is -4.12. The molecule has 0 spiro atoms. The summed E-state index contributed by atoms with van der Waals surface area (Å²) in [5, 5.41) is 22.3. The van der Waals surface area contributed by atoms with E-state index >= 15 is 0 Å². The molecule has 0 saturated heterocycles. The van der Waals surface area contributed by atoms with Crippen LogP contribution >= 0.6 is 0 Å². The average Bonchev–Trinajstić information content (AvgIpc) is 2.68. The summed E-state index contributed by atoms with van der Waals surface area (Å²) in [6.45, 7) is 0. The van der Waals surface area contributed by atoms with Crippen LogP contribution in [0.25, 0.3) is 0 Å². The van der Waals surface area contributed by atoms with E-state index in [9.17, 15) is 18.0 Å². The van der Waals surface area contributed by atoms with Crippen molar-refractivity contribution in [1.82, 2.24) is 14.9 Å². The van der Waals surface area contributed by atoms with Crippen molar-refractivity contribution in [2.24, 2.45) is 0 Å². The standard InChI is InChI=1S/C7H9N3O6S/c11-6(12)3-4(7(13)14)10-17(15,16)5-1-2-8-9-5/h1-2,4,10H,3H2,(H,8,9)(H,11,12)(H,13,14)/t4-/m1/s1. The summed E-state index contributed by atoms with van der Waals surface area (Å²) in [5.41, 5.74) is 0. The van der Waals surface area contributed by atoms with Crippen molar-refractivity contribution in [3.05, 3.63) is 12.3 Å². The maximum Gasteiger partial charge on any atom is 0.322 e. The normalized spacial score (nSPS) is 13.2. The Morgan fingerprint density at radius 3 is 2.53 bits per heavy atom. The summed E-state index contributed by atoms with van der Waals surface area (Å²) in [5.74, 6) is -3.00. The van der Waals surface area contributed by atoms with Crippen LogP contribution in [0.5, 0.6) is 0 Å². The summed E-state index contributed by atoms with van der Waals surface area (Å²) < 4.78 is 24.8. The smallest absolute Gasteiger partial charge is 0.322 e. The van der Waals surface area contributed by atoms with Crippen molar-refractivity contribution in [1.29, 1.82) is 0 Å². The van der Waals surface area contributed by atoms with Gasteiger partial charge in [-0.25, -0.2) is 8.42 Å². The predicted octanol–water partition coefficient (Wildman–Crippen LogP) is -1.38. The fraction of sp³-hybridized carbons (Fsp3) is 0.286. The van der Waals surface area contributed by atoms with Crippen LogP contribution in [0.2, 0.25) is 0 Å². The van der Waals surface area contributed by atoms with Gasteiger partial charge < -0.3 is 10.2 Å². The van der Waals surface area contributed by atoms with Gasteiger partial charge in [0.1, 0.15) is 6.04 Å². The molecule has 1 atom stereocenters. The molecule has 0 aliphatic heterocycles. The molecule has 0 bridgehead atoms. The average molecular weight is 263 g/mol. The van der Waals surface area contributed by atoms with Crippen LogP contribution < -0.4 is 4.72 Å². The molecule has 0 radical (unpaired) electrons. The second kappa shape index (κ2) is 4.93. The number of carbonyl (C=O) groups is 2. The lowest BCUT2D eigenvalue weighted by atomic mass is 10.2. The Morgan fingerprint density at radius 2 is 2.12 bits per heavy atom. The number of hydrogen-bond acceptors (Lipinski definition) is 5. The maximum absolute atomic E-state index is 11.6. The Morgan fingerprint density at radius 1 is 1.47 bits per heavy atom. The number of rotatable bonds is 6. The Kier molecular flexibility index (Phi) is 3.81. The first-order valence-corrected chi connectivity index (χ1v) is 5.77. The molecule has 1 aromatic heterocycles. The van der Waals surface area contributed by atoms with Crippen LogP contribution in [0.4, 0.5) is 0 Å². The van der Waals surface area contributed by atoms with E-state index in [4.69, 9.17) is 10.2 Å². The molecule has 0 aliphatic carbocycles. The van der Waals surface area contributed by atoms with Crippen LogP contribution in [0, 0.1) is 0 Å². The molecule has 0 amide bonds. The van der Waals surface area contributed by atoms with Gasteiger partial charge in [0, 0.05) is 0 Å². The molecule has 0 aliphatic rings. The van der Waals surface area contributed by atoms with Crippen LogP contribution in [-0.4, -0.2) is 46.8 Å². The fourth-order valence-corrected chi connectivity index (χ4v) is 2.10. The second-order valence-electron chi connectivity index (χ2n) is 3.03. The van der Waals surface area contributed by atoms with Crippen molar-refractivity contribution in [2.45, 2.75) is 17.5 Å². The number of aromatic nitrogens is 2. The molecule has 10 heteroatoms. The highest BCUT2D eigenvalue weighted by Gasteiger charge is 2.28. The molecule has 0 aromatic carbocycles. The summed E-state index contributed by atoms with van der Waals surface area (Å²) >= 11 is 0. The van der Waals surface area contributed by atoms with Crippen molar-refractivity contribution in [2.75, 3.05) is 0 Å². The van der Waals surface area contributed by atoms with E-state index in [1.807, 2.05) is 0 Å². The molecule has 94 valence electrons. The largest absolute Gasteiger partial charge is 0.481 e. The molecule has 4 N–H and O–H groups in total. The van der Waals surface area contributed by atoms with Gasteiger partial charge in [0.25, 0.3) is 10.0 Å². The number of aliphatic carboxylic acids is 2. The Hall–Kier alpha value is -1.94. The number of nitrogens with zero attached hydrogens (tertiary/aromatic N) is 1. The van der Waals surface area contributed by atoms with Crippen molar-refractivity contribution in [3.8, 4) is 0 Å². The third-order valence-corrected chi connectivity index (χ3v) is 3.14. The van der Waals surface area contributed by atoms with Crippen LogP contribution in [0.1, 0.15) is 6.42 Å². The highest BCUT2D eigenvalue weighted by atomic mass is 32.2. The summed E-state index contributed by atoms with van der Waals surface area (Å²) in [6.07, 6.45) is 0.310. The number of hydrogen-bond donors (Lipinski definition) is 4. The molecular weight excluding hydrogens is 254 g/mol. The van der Waals surface area contributed by atoms with E-state index < -0.39 is 34.4 Å². The third kappa shape index (κ3) is 3.53. The zero-order valence-corrected chi connectivity index (χ0v) is 9.14. The molecule has 9 nitrogen and oxygen atoms in total. The topological polar surface area (TPSA) is 149 Å². The summed E-state index contributed by atoms with van der Waals surface area (Å²) in [4.78, 5) is 21.0. The van der Waals surface area contributed by atoms with E-state index in [0.717, 1.165) is 6.07 Å². The number of sulfonamides is 1. The Balaban J connectivity index is 2.87. The van der Waals surface area contributed by atoms with Gasteiger partial charge in [-0.05, 0) is 6.07 Å². The second-order valence-corrected chi connectivity index (χ2v) is 4.71. The van der Waals surface area contributed by atoms with Crippen LogP contribution in [-0.2, 0) is 19.6 Å². The molecule has 0 unspecified atom stereocenters. The van der Waals surface area contributed by atoms with Gasteiger partial charge in [-0.1, -0.05) is 0 Å². The number of carboxylic acid groups (broad SMARTS) is 2. The Labute approximate surface area is 95.5 Å². The highest BCUT2D eigenvalue weighted by molar-refractivity contribution is 7.89. The first-order chi connectivity index (χ1) is 7.83. The van der Waals surface area contributed by atoms with E-state index in [2.05, 4.69) is 10.2 Å². The molecule has 1 aromatic rings. The van der Waals surface area contributed by atoms with E-state index in [0.29, 0.717) is 0 Å². The monoisotopic (exact) mass is 263 g/mol. The number of carboxylic acids is 2. The van der Waals surface area contributed by atoms with Gasteiger partial charge in [0.2, 0.25) is 0 Å². The molecule has 0 saturated carbocycles. The summed E-state index contributed by atoms with van der Waals surface area (Å²) in [6, 6.07) is -0.622. The van der Waals surface area contributed by atoms with Gasteiger partial charge in [-0.3, -0.25) is 14.7 Å². The first-order valence-electron chi connectivity index (χ1n) is 4.29. The number of aromatic amines is 1. The third-order valence-electron chi connectivity index (χ3n) is 1.74. The lowest BCUT2D eigenvalue weighted by Gasteiger charge is -2.11. The van der Waals surface area contributed by atoms with Gasteiger partial charge in [0.05, 0.1) is 12.6 Å². The zero-order valence-electron chi connectivity index (χ0n) is 8.32. The maximum atomic E-state index is 11.6.